The van der Waals surface area contributed by atoms with E-state index in [0.717, 1.165) is 30.0 Å². The van der Waals surface area contributed by atoms with E-state index in [-0.39, 0.29) is 11.7 Å². The number of carbonyl (C=O) groups is 1. The average Bonchev–Trinajstić information content (AvgIpc) is 3.03. The normalized spacial score (nSPS) is 17.9. The molecule has 0 spiro atoms. The third kappa shape index (κ3) is 4.59. The second kappa shape index (κ2) is 8.66. The minimum atomic E-state index is -0.359. The van der Waals surface area contributed by atoms with Crippen molar-refractivity contribution >= 4 is 28.5 Å². The number of amides is 1. The van der Waals surface area contributed by atoms with Crippen molar-refractivity contribution < 1.29 is 9.18 Å². The van der Waals surface area contributed by atoms with Gasteiger partial charge in [-0.15, -0.1) is 0 Å². The Morgan fingerprint density at radius 1 is 1.14 bits per heavy atom. The molecule has 2 aliphatic heterocycles. The van der Waals surface area contributed by atoms with E-state index in [9.17, 15) is 9.18 Å². The van der Waals surface area contributed by atoms with E-state index < -0.39 is 0 Å². The lowest BCUT2D eigenvalue weighted by atomic mass is 10.1. The summed E-state index contributed by atoms with van der Waals surface area (Å²) in [5.74, 6) is -0.590. The molecule has 2 aromatic rings. The molecule has 0 unspecified atom stereocenters. The minimum absolute atomic E-state index is 0.231. The van der Waals surface area contributed by atoms with E-state index >= 15 is 0 Å². The third-order valence-electron chi connectivity index (χ3n) is 5.57. The number of hydrogen-bond donors (Lipinski definition) is 3. The van der Waals surface area contributed by atoms with Gasteiger partial charge in [0.1, 0.15) is 5.82 Å². The molecule has 0 saturated carbocycles. The Kier molecular flexibility index (Phi) is 5.81. The number of halogens is 1. The van der Waals surface area contributed by atoms with Crippen molar-refractivity contribution in [3.8, 4) is 0 Å². The van der Waals surface area contributed by atoms with Crippen LogP contribution in [0.1, 0.15) is 30.4 Å². The topological polar surface area (TPSA) is 56.4 Å². The molecule has 0 aliphatic carbocycles. The number of benzene rings is 2. The smallest absolute Gasteiger partial charge is 0.257 e. The van der Waals surface area contributed by atoms with E-state index in [1.54, 1.807) is 12.3 Å². The number of aryl methyl sites for hydroxylation is 1. The highest BCUT2D eigenvalue weighted by Crippen LogP contribution is 2.32. The average molecular weight is 394 g/mol. The SMILES string of the molecule is Cc1cc(N/C=C2/C(=O)Nc3ccc(F)cc32)ccc1NCCN1CCCCC1. The molecule has 6 heteroatoms. The number of fused-ring (bicyclic) bond motifs is 1. The van der Waals surface area contributed by atoms with E-state index in [1.807, 2.05) is 12.1 Å². The lowest BCUT2D eigenvalue weighted by Crippen LogP contribution is -2.33. The summed E-state index contributed by atoms with van der Waals surface area (Å²) >= 11 is 0. The zero-order valence-corrected chi connectivity index (χ0v) is 16.7. The molecule has 0 atom stereocenters. The van der Waals surface area contributed by atoms with Crippen LogP contribution < -0.4 is 16.0 Å². The molecule has 0 bridgehead atoms. The predicted molar refractivity (Wildman–Crippen MR) is 117 cm³/mol. The molecule has 29 heavy (non-hydrogen) atoms. The maximum absolute atomic E-state index is 13.5. The fraction of sp³-hybridized carbons (Fsp3) is 0.348. The van der Waals surface area contributed by atoms with Crippen LogP contribution in [0, 0.1) is 12.7 Å². The van der Waals surface area contributed by atoms with Crippen molar-refractivity contribution in [3.05, 3.63) is 59.5 Å². The lowest BCUT2D eigenvalue weighted by molar-refractivity contribution is -0.110. The van der Waals surface area contributed by atoms with E-state index in [2.05, 4.69) is 33.8 Å². The summed E-state index contributed by atoms with van der Waals surface area (Å²) in [5, 5.41) is 9.45. The molecule has 3 N–H and O–H groups in total. The van der Waals surface area contributed by atoms with Gasteiger partial charge in [-0.05, 0) is 74.8 Å². The van der Waals surface area contributed by atoms with Crippen LogP contribution in [0.15, 0.2) is 42.6 Å². The Labute approximate surface area is 171 Å². The highest BCUT2D eigenvalue weighted by Gasteiger charge is 2.24. The maximum atomic E-state index is 13.5. The first kappa shape index (κ1) is 19.5. The van der Waals surface area contributed by atoms with Gasteiger partial charge in [0.05, 0.1) is 5.57 Å². The lowest BCUT2D eigenvalue weighted by Gasteiger charge is -2.26. The summed E-state index contributed by atoms with van der Waals surface area (Å²) in [6, 6.07) is 10.4. The van der Waals surface area contributed by atoms with Gasteiger partial charge in [-0.25, -0.2) is 4.39 Å². The number of hydrogen-bond acceptors (Lipinski definition) is 4. The van der Waals surface area contributed by atoms with Crippen LogP contribution in [0.25, 0.3) is 5.57 Å². The Balaban J connectivity index is 1.38. The standard InChI is InChI=1S/C23H27FN4O/c1-16-13-18(6-8-21(16)25-9-12-28-10-3-2-4-11-28)26-15-20-19-14-17(24)5-7-22(19)27-23(20)29/h5-8,13-15,25-26H,2-4,9-12H2,1H3,(H,27,29)/b20-15+. The van der Waals surface area contributed by atoms with Crippen LogP contribution in [0.3, 0.4) is 0 Å². The maximum Gasteiger partial charge on any atom is 0.257 e. The molecule has 2 aliphatic rings. The molecule has 0 radical (unpaired) electrons. The van der Waals surface area contributed by atoms with Gasteiger partial charge < -0.3 is 20.9 Å². The fourth-order valence-corrected chi connectivity index (χ4v) is 3.94. The molecule has 1 amide bonds. The van der Waals surface area contributed by atoms with Crippen molar-refractivity contribution in [2.24, 2.45) is 0 Å². The van der Waals surface area contributed by atoms with Crippen LogP contribution in [-0.4, -0.2) is 37.0 Å². The van der Waals surface area contributed by atoms with Crippen LogP contribution in [0.5, 0.6) is 0 Å². The second-order valence-electron chi connectivity index (χ2n) is 7.71. The summed E-state index contributed by atoms with van der Waals surface area (Å²) in [4.78, 5) is 14.7. The van der Waals surface area contributed by atoms with Gasteiger partial charge in [-0.3, -0.25) is 4.79 Å². The molecule has 1 saturated heterocycles. The van der Waals surface area contributed by atoms with E-state index in [0.29, 0.717) is 16.8 Å². The molecular weight excluding hydrogens is 367 g/mol. The zero-order valence-electron chi connectivity index (χ0n) is 16.7. The van der Waals surface area contributed by atoms with Crippen molar-refractivity contribution in [2.45, 2.75) is 26.2 Å². The molecule has 152 valence electrons. The number of rotatable bonds is 6. The van der Waals surface area contributed by atoms with Crippen molar-refractivity contribution in [2.75, 3.05) is 42.1 Å². The number of nitrogens with zero attached hydrogens (tertiary/aromatic N) is 1. The number of nitrogens with one attached hydrogen (secondary N) is 3. The second-order valence-corrected chi connectivity index (χ2v) is 7.71. The number of carbonyl (C=O) groups excluding carboxylic acids is 1. The Hall–Kier alpha value is -2.86. The van der Waals surface area contributed by atoms with Crippen LogP contribution in [0.4, 0.5) is 21.5 Å². The Morgan fingerprint density at radius 2 is 1.97 bits per heavy atom. The largest absolute Gasteiger partial charge is 0.384 e. The molecule has 5 nitrogen and oxygen atoms in total. The van der Waals surface area contributed by atoms with Crippen molar-refractivity contribution in [1.82, 2.24) is 4.90 Å². The van der Waals surface area contributed by atoms with Crippen molar-refractivity contribution in [1.29, 1.82) is 0 Å². The molecule has 1 fully saturated rings. The predicted octanol–water partition coefficient (Wildman–Crippen LogP) is 4.44. The van der Waals surface area contributed by atoms with E-state index in [4.69, 9.17) is 0 Å². The summed E-state index contributed by atoms with van der Waals surface area (Å²) < 4.78 is 13.5. The first-order valence-electron chi connectivity index (χ1n) is 10.2. The summed E-state index contributed by atoms with van der Waals surface area (Å²) in [7, 11) is 0. The highest BCUT2D eigenvalue weighted by molar-refractivity contribution is 6.31. The number of likely N-dealkylation sites (tertiary alicyclic amines) is 1. The zero-order chi connectivity index (χ0) is 20.2. The number of piperidine rings is 1. The summed E-state index contributed by atoms with van der Waals surface area (Å²) in [6.07, 6.45) is 5.61. The summed E-state index contributed by atoms with van der Waals surface area (Å²) in [5.41, 5.74) is 4.78. The van der Waals surface area contributed by atoms with Gasteiger partial charge in [0, 0.05) is 41.9 Å². The molecular formula is C23H27FN4O. The third-order valence-corrected chi connectivity index (χ3v) is 5.57. The van der Waals surface area contributed by atoms with Gasteiger partial charge in [-0.1, -0.05) is 6.42 Å². The first-order valence-corrected chi connectivity index (χ1v) is 10.2. The molecule has 2 heterocycles. The Morgan fingerprint density at radius 3 is 2.76 bits per heavy atom. The van der Waals surface area contributed by atoms with Gasteiger partial charge in [-0.2, -0.15) is 0 Å². The summed E-state index contributed by atoms with van der Waals surface area (Å²) in [6.45, 7) is 6.48. The van der Waals surface area contributed by atoms with E-state index in [1.165, 1.54) is 44.5 Å². The Bertz CT molecular complexity index is 934. The molecule has 2 aromatic carbocycles. The van der Waals surface area contributed by atoms with Crippen LogP contribution >= 0.6 is 0 Å². The highest BCUT2D eigenvalue weighted by atomic mass is 19.1. The number of anilines is 3. The van der Waals surface area contributed by atoms with Crippen LogP contribution in [0.2, 0.25) is 0 Å². The van der Waals surface area contributed by atoms with Gasteiger partial charge in [0.2, 0.25) is 0 Å². The van der Waals surface area contributed by atoms with Crippen molar-refractivity contribution in [3.63, 3.8) is 0 Å². The quantitative estimate of drug-likeness (QED) is 0.634. The first-order chi connectivity index (χ1) is 14.1. The molecule has 4 rings (SSSR count). The minimum Gasteiger partial charge on any atom is -0.384 e. The van der Waals surface area contributed by atoms with Gasteiger partial charge in [0.15, 0.2) is 0 Å². The fourth-order valence-electron chi connectivity index (χ4n) is 3.94. The monoisotopic (exact) mass is 394 g/mol. The van der Waals surface area contributed by atoms with Gasteiger partial charge >= 0.3 is 0 Å². The van der Waals surface area contributed by atoms with Crippen LogP contribution in [-0.2, 0) is 4.79 Å². The molecule has 0 aromatic heterocycles. The van der Waals surface area contributed by atoms with Gasteiger partial charge in [0.25, 0.3) is 5.91 Å².